The fraction of sp³-hybridized carbons (Fsp3) is 0.324. The first kappa shape index (κ1) is 32.1. The van der Waals surface area contributed by atoms with Crippen molar-refractivity contribution < 1.29 is 37.7 Å². The zero-order valence-electron chi connectivity index (χ0n) is 25.7. The number of carbonyl (C=O) groups is 3. The van der Waals surface area contributed by atoms with Crippen molar-refractivity contribution in [3.8, 4) is 16.9 Å². The van der Waals surface area contributed by atoms with Crippen LogP contribution in [0.5, 0.6) is 5.75 Å². The Morgan fingerprint density at radius 1 is 0.909 bits per heavy atom. The summed E-state index contributed by atoms with van der Waals surface area (Å²) in [6.07, 6.45) is -0.660. The van der Waals surface area contributed by atoms with Gasteiger partial charge in [0.2, 0.25) is 5.76 Å². The molecule has 0 aliphatic heterocycles. The van der Waals surface area contributed by atoms with E-state index in [2.05, 4.69) is 5.32 Å². The van der Waals surface area contributed by atoms with E-state index in [4.69, 9.17) is 29.1 Å². The number of para-hydroxylation sites is 1. The third kappa shape index (κ3) is 7.96. The van der Waals surface area contributed by atoms with Crippen LogP contribution in [0.3, 0.4) is 0 Å². The molecule has 10 nitrogen and oxygen atoms in total. The number of anilines is 1. The SMILES string of the molecule is CCOC(=O)Cc1ccccc1OCc1c(C(=O)OC(C)(C)C)oc2c(NC(=O)OCC)cc(-c3cccc(CN)c3)cc12. The maximum absolute atomic E-state index is 13.5. The highest BCUT2D eigenvalue weighted by Gasteiger charge is 2.29. The summed E-state index contributed by atoms with van der Waals surface area (Å²) in [7, 11) is 0. The van der Waals surface area contributed by atoms with Crippen LogP contribution in [0.1, 0.15) is 61.9 Å². The zero-order chi connectivity index (χ0) is 31.9. The number of furan rings is 1. The third-order valence-corrected chi connectivity index (χ3v) is 6.47. The normalized spacial score (nSPS) is 11.2. The summed E-state index contributed by atoms with van der Waals surface area (Å²) in [6, 6.07) is 18.4. The molecule has 10 heteroatoms. The molecule has 3 aromatic carbocycles. The van der Waals surface area contributed by atoms with E-state index in [1.165, 1.54) is 0 Å². The molecule has 0 aliphatic carbocycles. The average Bonchev–Trinajstić information content (AvgIpc) is 3.35. The monoisotopic (exact) mass is 602 g/mol. The molecule has 1 amide bonds. The number of nitrogens with two attached hydrogens (primary N) is 1. The second kappa shape index (κ2) is 14.1. The van der Waals surface area contributed by atoms with E-state index in [-0.39, 0.29) is 43.6 Å². The van der Waals surface area contributed by atoms with Gasteiger partial charge in [0.1, 0.15) is 18.0 Å². The van der Waals surface area contributed by atoms with Crippen molar-refractivity contribution >= 4 is 34.7 Å². The van der Waals surface area contributed by atoms with Crippen LogP contribution in [0.15, 0.2) is 65.1 Å². The highest BCUT2D eigenvalue weighted by atomic mass is 16.6. The van der Waals surface area contributed by atoms with Gasteiger partial charge in [0.05, 0.1) is 30.9 Å². The lowest BCUT2D eigenvalue weighted by molar-refractivity contribution is -0.142. The number of rotatable bonds is 11. The third-order valence-electron chi connectivity index (χ3n) is 6.47. The molecule has 44 heavy (non-hydrogen) atoms. The first-order valence-electron chi connectivity index (χ1n) is 14.4. The summed E-state index contributed by atoms with van der Waals surface area (Å²) in [5.41, 5.74) is 9.17. The van der Waals surface area contributed by atoms with Crippen molar-refractivity contribution in [3.05, 3.63) is 83.1 Å². The van der Waals surface area contributed by atoms with E-state index in [1.807, 2.05) is 30.3 Å². The Morgan fingerprint density at radius 3 is 2.36 bits per heavy atom. The Bertz CT molecular complexity index is 1650. The number of nitrogens with one attached hydrogen (secondary N) is 1. The van der Waals surface area contributed by atoms with Crippen LogP contribution >= 0.6 is 0 Å². The first-order chi connectivity index (χ1) is 21.0. The zero-order valence-corrected chi connectivity index (χ0v) is 25.7. The summed E-state index contributed by atoms with van der Waals surface area (Å²) in [5, 5.41) is 3.27. The molecule has 232 valence electrons. The molecule has 1 aromatic heterocycles. The molecular formula is C34H38N2O8. The van der Waals surface area contributed by atoms with Gasteiger partial charge in [0.15, 0.2) is 5.58 Å². The number of esters is 2. The van der Waals surface area contributed by atoms with E-state index in [9.17, 15) is 14.4 Å². The fourth-order valence-corrected chi connectivity index (χ4v) is 4.60. The molecule has 4 rings (SSSR count). The minimum Gasteiger partial charge on any atom is -0.488 e. The van der Waals surface area contributed by atoms with Gasteiger partial charge in [-0.2, -0.15) is 0 Å². The second-order valence-electron chi connectivity index (χ2n) is 10.9. The van der Waals surface area contributed by atoms with E-state index >= 15 is 0 Å². The van der Waals surface area contributed by atoms with Crippen molar-refractivity contribution in [1.29, 1.82) is 0 Å². The predicted octanol–water partition coefficient (Wildman–Crippen LogP) is 6.77. The molecule has 1 heterocycles. The first-order valence-corrected chi connectivity index (χ1v) is 14.4. The van der Waals surface area contributed by atoms with E-state index in [0.29, 0.717) is 34.5 Å². The molecular weight excluding hydrogens is 564 g/mol. The molecule has 0 fully saturated rings. The number of hydrogen-bond acceptors (Lipinski definition) is 9. The van der Waals surface area contributed by atoms with E-state index in [0.717, 1.165) is 16.7 Å². The Labute approximate surface area is 256 Å². The van der Waals surface area contributed by atoms with Crippen LogP contribution in [-0.4, -0.2) is 36.8 Å². The summed E-state index contributed by atoms with van der Waals surface area (Å²) >= 11 is 0. The highest BCUT2D eigenvalue weighted by Crippen LogP contribution is 2.38. The lowest BCUT2D eigenvalue weighted by atomic mass is 9.99. The van der Waals surface area contributed by atoms with Gasteiger partial charge in [-0.15, -0.1) is 0 Å². The Kier molecular flexibility index (Phi) is 10.3. The van der Waals surface area contributed by atoms with Gasteiger partial charge in [-0.1, -0.05) is 36.4 Å². The molecule has 0 bridgehead atoms. The lowest BCUT2D eigenvalue weighted by Crippen LogP contribution is -2.24. The van der Waals surface area contributed by atoms with Gasteiger partial charge in [0.25, 0.3) is 0 Å². The minimum atomic E-state index is -0.805. The van der Waals surface area contributed by atoms with Crippen molar-refractivity contribution in [2.24, 2.45) is 5.73 Å². The molecule has 4 aromatic rings. The smallest absolute Gasteiger partial charge is 0.411 e. The van der Waals surface area contributed by atoms with Crippen LogP contribution in [-0.2, 0) is 38.6 Å². The van der Waals surface area contributed by atoms with Crippen molar-refractivity contribution in [3.63, 3.8) is 0 Å². The molecule has 0 radical (unpaired) electrons. The van der Waals surface area contributed by atoms with Gasteiger partial charge < -0.3 is 29.1 Å². The Morgan fingerprint density at radius 2 is 1.66 bits per heavy atom. The molecule has 0 atom stereocenters. The van der Waals surface area contributed by atoms with Gasteiger partial charge in [-0.3, -0.25) is 10.1 Å². The summed E-state index contributed by atoms with van der Waals surface area (Å²) in [5.74, 6) is -0.703. The Hall–Kier alpha value is -4.83. The van der Waals surface area contributed by atoms with Crippen LogP contribution in [0.2, 0.25) is 0 Å². The summed E-state index contributed by atoms with van der Waals surface area (Å²) in [4.78, 5) is 38.2. The molecule has 0 spiro atoms. The molecule has 0 saturated heterocycles. The van der Waals surface area contributed by atoms with Crippen molar-refractivity contribution in [2.75, 3.05) is 18.5 Å². The number of amides is 1. The quantitative estimate of drug-likeness (QED) is 0.141. The number of hydrogen-bond donors (Lipinski definition) is 2. The number of ether oxygens (including phenoxy) is 4. The Balaban J connectivity index is 1.87. The fourth-order valence-electron chi connectivity index (χ4n) is 4.60. The number of carbonyl (C=O) groups excluding carboxylic acids is 3. The summed E-state index contributed by atoms with van der Waals surface area (Å²) < 4.78 is 28.3. The average molecular weight is 603 g/mol. The molecule has 0 saturated carbocycles. The lowest BCUT2D eigenvalue weighted by Gasteiger charge is -2.19. The van der Waals surface area contributed by atoms with Crippen LogP contribution < -0.4 is 15.8 Å². The van der Waals surface area contributed by atoms with Crippen molar-refractivity contribution in [2.45, 2.75) is 59.8 Å². The summed E-state index contributed by atoms with van der Waals surface area (Å²) in [6.45, 7) is 9.39. The van der Waals surface area contributed by atoms with Crippen LogP contribution in [0.25, 0.3) is 22.1 Å². The molecule has 3 N–H and O–H groups in total. The van der Waals surface area contributed by atoms with E-state index < -0.39 is 17.7 Å². The maximum Gasteiger partial charge on any atom is 0.411 e. The topological polar surface area (TPSA) is 139 Å². The minimum absolute atomic E-state index is 0.0182. The van der Waals surface area contributed by atoms with Crippen LogP contribution in [0, 0.1) is 0 Å². The molecule has 0 aliphatic rings. The number of fused-ring (bicyclic) bond motifs is 1. The number of benzene rings is 3. The molecule has 0 unspecified atom stereocenters. The van der Waals surface area contributed by atoms with Gasteiger partial charge >= 0.3 is 18.0 Å². The maximum atomic E-state index is 13.5. The van der Waals surface area contributed by atoms with Gasteiger partial charge in [-0.25, -0.2) is 9.59 Å². The van der Waals surface area contributed by atoms with Crippen LogP contribution in [0.4, 0.5) is 10.5 Å². The van der Waals surface area contributed by atoms with Gasteiger partial charge in [-0.05, 0) is 75.6 Å². The predicted molar refractivity (Wildman–Crippen MR) is 166 cm³/mol. The largest absolute Gasteiger partial charge is 0.488 e. The standard InChI is InChI=1S/C34H38N2O8/c1-6-40-29(37)18-23-12-8-9-14-28(23)42-20-26-25-16-24(22-13-10-11-21(15-22)19-35)17-27(36-33(39)41-7-2)30(25)43-31(26)32(38)44-34(3,4)5/h8-17H,6-7,18-20,35H2,1-5H3,(H,36,39). The van der Waals surface area contributed by atoms with Gasteiger partial charge in [0, 0.05) is 17.5 Å². The van der Waals surface area contributed by atoms with Crippen molar-refractivity contribution in [1.82, 2.24) is 0 Å². The highest BCUT2D eigenvalue weighted by molar-refractivity contribution is 6.05. The van der Waals surface area contributed by atoms with E-state index in [1.54, 1.807) is 65.0 Å². The second-order valence-corrected chi connectivity index (χ2v) is 10.9.